The first-order valence-electron chi connectivity index (χ1n) is 8.92. The number of nitrogens with one attached hydrogen (secondary N) is 2. The number of amides is 2. The summed E-state index contributed by atoms with van der Waals surface area (Å²) in [6.45, 7) is 1.87. The first kappa shape index (κ1) is 21.0. The lowest BCUT2D eigenvalue weighted by Crippen LogP contribution is -2.44. The molecule has 3 aromatic rings. The Bertz CT molecular complexity index is 986. The van der Waals surface area contributed by atoms with Gasteiger partial charge in [0.05, 0.1) is 24.0 Å². The Hall–Kier alpha value is -2.77. The maximum atomic E-state index is 12.1. The van der Waals surface area contributed by atoms with E-state index in [-0.39, 0.29) is 31.2 Å². The van der Waals surface area contributed by atoms with Crippen LogP contribution in [0.3, 0.4) is 0 Å². The lowest BCUT2D eigenvalue weighted by Gasteiger charge is -2.13. The van der Waals surface area contributed by atoms with Crippen molar-refractivity contribution in [3.8, 4) is 11.3 Å². The van der Waals surface area contributed by atoms with E-state index in [1.54, 1.807) is 43.5 Å². The predicted octanol–water partition coefficient (Wildman–Crippen LogP) is 4.00. The standard InChI is InChI=1S/C20H19Cl2N3O4/c1-12(20(27)24-10-14-3-2-8-28-14)25-18(26)6-7-19-23-11-17(29-19)15-5-4-13(21)9-16(15)22/h2-5,8-9,11-12H,6-7,10H2,1H3,(H,24,27)(H,25,26). The third-order valence-electron chi connectivity index (χ3n) is 4.10. The van der Waals surface area contributed by atoms with Crippen LogP contribution in [0.4, 0.5) is 0 Å². The van der Waals surface area contributed by atoms with Gasteiger partial charge in [-0.3, -0.25) is 9.59 Å². The molecule has 0 bridgehead atoms. The molecule has 0 radical (unpaired) electrons. The summed E-state index contributed by atoms with van der Waals surface area (Å²) in [5.74, 6) is 0.946. The molecule has 3 rings (SSSR count). The summed E-state index contributed by atoms with van der Waals surface area (Å²) in [5, 5.41) is 6.32. The van der Waals surface area contributed by atoms with Crippen LogP contribution in [0.5, 0.6) is 0 Å². The van der Waals surface area contributed by atoms with Crippen molar-refractivity contribution in [3.63, 3.8) is 0 Å². The van der Waals surface area contributed by atoms with Crippen LogP contribution in [-0.2, 0) is 22.6 Å². The molecule has 2 N–H and O–H groups in total. The first-order valence-corrected chi connectivity index (χ1v) is 9.67. The SMILES string of the molecule is CC(NC(=O)CCc1ncc(-c2ccc(Cl)cc2Cl)o1)C(=O)NCc1ccco1. The molecule has 9 heteroatoms. The Kier molecular flexibility index (Phi) is 6.95. The fraction of sp³-hybridized carbons (Fsp3) is 0.250. The second kappa shape index (κ2) is 9.62. The fourth-order valence-corrected chi connectivity index (χ4v) is 3.08. The molecule has 0 aliphatic rings. The summed E-state index contributed by atoms with van der Waals surface area (Å²) in [4.78, 5) is 28.3. The van der Waals surface area contributed by atoms with Gasteiger partial charge in [-0.05, 0) is 37.3 Å². The van der Waals surface area contributed by atoms with Gasteiger partial charge in [-0.2, -0.15) is 0 Å². The highest BCUT2D eigenvalue weighted by atomic mass is 35.5. The van der Waals surface area contributed by atoms with Crippen LogP contribution in [0.2, 0.25) is 10.0 Å². The van der Waals surface area contributed by atoms with Crippen molar-refractivity contribution < 1.29 is 18.4 Å². The van der Waals surface area contributed by atoms with Crippen LogP contribution in [0, 0.1) is 0 Å². The number of benzene rings is 1. The number of hydrogen-bond donors (Lipinski definition) is 2. The van der Waals surface area contributed by atoms with E-state index < -0.39 is 6.04 Å². The average molecular weight is 436 g/mol. The lowest BCUT2D eigenvalue weighted by atomic mass is 10.2. The molecule has 0 saturated carbocycles. The Morgan fingerprint density at radius 3 is 2.79 bits per heavy atom. The van der Waals surface area contributed by atoms with Gasteiger partial charge in [0.25, 0.3) is 0 Å². The van der Waals surface area contributed by atoms with Gasteiger partial charge in [0, 0.05) is 23.4 Å². The summed E-state index contributed by atoms with van der Waals surface area (Å²) < 4.78 is 10.8. The molecule has 1 atom stereocenters. The Labute approximate surface area is 177 Å². The molecule has 29 heavy (non-hydrogen) atoms. The summed E-state index contributed by atoms with van der Waals surface area (Å²) in [5.41, 5.74) is 0.668. The number of furan rings is 1. The number of oxazole rings is 1. The number of aromatic nitrogens is 1. The Morgan fingerprint density at radius 1 is 1.24 bits per heavy atom. The summed E-state index contributed by atoms with van der Waals surface area (Å²) in [7, 11) is 0. The number of carbonyl (C=O) groups excluding carboxylic acids is 2. The minimum absolute atomic E-state index is 0.129. The number of aryl methyl sites for hydroxylation is 1. The van der Waals surface area contributed by atoms with Crippen LogP contribution < -0.4 is 10.6 Å². The van der Waals surface area contributed by atoms with Gasteiger partial charge >= 0.3 is 0 Å². The van der Waals surface area contributed by atoms with Gasteiger partial charge < -0.3 is 19.5 Å². The zero-order valence-corrected chi connectivity index (χ0v) is 17.1. The average Bonchev–Trinajstić information content (AvgIpc) is 3.36. The monoisotopic (exact) mass is 435 g/mol. The Balaban J connectivity index is 1.46. The van der Waals surface area contributed by atoms with Crippen molar-refractivity contribution in [2.24, 2.45) is 0 Å². The summed E-state index contributed by atoms with van der Waals surface area (Å²) in [6.07, 6.45) is 3.50. The molecule has 2 amide bonds. The van der Waals surface area contributed by atoms with Gasteiger partial charge in [0.15, 0.2) is 11.7 Å². The van der Waals surface area contributed by atoms with E-state index in [9.17, 15) is 9.59 Å². The van der Waals surface area contributed by atoms with Crippen LogP contribution >= 0.6 is 23.2 Å². The van der Waals surface area contributed by atoms with Crippen LogP contribution in [0.1, 0.15) is 25.0 Å². The van der Waals surface area contributed by atoms with E-state index in [4.69, 9.17) is 32.0 Å². The van der Waals surface area contributed by atoms with Crippen LogP contribution in [-0.4, -0.2) is 22.8 Å². The second-order valence-electron chi connectivity index (χ2n) is 6.33. The van der Waals surface area contributed by atoms with Crippen LogP contribution in [0.15, 0.2) is 51.6 Å². The van der Waals surface area contributed by atoms with E-state index in [2.05, 4.69) is 15.6 Å². The third kappa shape index (κ3) is 5.85. The summed E-state index contributed by atoms with van der Waals surface area (Å²) >= 11 is 12.1. The molecule has 0 spiro atoms. The van der Waals surface area contributed by atoms with Gasteiger partial charge in [-0.25, -0.2) is 4.98 Å². The van der Waals surface area contributed by atoms with Crippen molar-refractivity contribution in [3.05, 3.63) is 64.5 Å². The molecule has 0 aliphatic heterocycles. The molecule has 2 aromatic heterocycles. The molecule has 1 unspecified atom stereocenters. The highest BCUT2D eigenvalue weighted by molar-refractivity contribution is 6.36. The van der Waals surface area contributed by atoms with Crippen molar-refractivity contribution in [2.45, 2.75) is 32.4 Å². The molecule has 0 aliphatic carbocycles. The zero-order valence-electron chi connectivity index (χ0n) is 15.6. The Morgan fingerprint density at radius 2 is 2.07 bits per heavy atom. The van der Waals surface area contributed by atoms with Crippen LogP contribution in [0.25, 0.3) is 11.3 Å². The number of rotatable bonds is 8. The predicted molar refractivity (Wildman–Crippen MR) is 108 cm³/mol. The minimum Gasteiger partial charge on any atom is -0.467 e. The molecule has 0 saturated heterocycles. The van der Waals surface area contributed by atoms with Gasteiger partial charge in [0.1, 0.15) is 11.8 Å². The molecule has 1 aromatic carbocycles. The maximum absolute atomic E-state index is 12.1. The smallest absolute Gasteiger partial charge is 0.242 e. The maximum Gasteiger partial charge on any atom is 0.242 e. The van der Waals surface area contributed by atoms with Crippen molar-refractivity contribution in [1.29, 1.82) is 0 Å². The normalized spacial score (nSPS) is 11.8. The quantitative estimate of drug-likeness (QED) is 0.557. The van der Waals surface area contributed by atoms with Gasteiger partial charge in [-0.15, -0.1) is 0 Å². The lowest BCUT2D eigenvalue weighted by molar-refractivity contribution is -0.128. The van der Waals surface area contributed by atoms with Crippen molar-refractivity contribution >= 4 is 35.0 Å². The van der Waals surface area contributed by atoms with E-state index in [1.165, 1.54) is 6.26 Å². The van der Waals surface area contributed by atoms with Crippen molar-refractivity contribution in [1.82, 2.24) is 15.6 Å². The highest BCUT2D eigenvalue weighted by Gasteiger charge is 2.17. The second-order valence-corrected chi connectivity index (χ2v) is 7.17. The van der Waals surface area contributed by atoms with Crippen molar-refractivity contribution in [2.75, 3.05) is 0 Å². The van der Waals surface area contributed by atoms with E-state index in [1.807, 2.05) is 0 Å². The third-order valence-corrected chi connectivity index (χ3v) is 4.65. The number of nitrogens with zero attached hydrogens (tertiary/aromatic N) is 1. The largest absolute Gasteiger partial charge is 0.467 e. The van der Waals surface area contributed by atoms with Gasteiger partial charge in [-0.1, -0.05) is 23.2 Å². The highest BCUT2D eigenvalue weighted by Crippen LogP contribution is 2.30. The fourth-order valence-electron chi connectivity index (χ4n) is 2.58. The van der Waals surface area contributed by atoms with E-state index in [0.717, 1.165) is 0 Å². The molecular formula is C20H19Cl2N3O4. The number of hydrogen-bond acceptors (Lipinski definition) is 5. The first-order chi connectivity index (χ1) is 13.9. The molecule has 7 nitrogen and oxygen atoms in total. The van der Waals surface area contributed by atoms with E-state index in [0.29, 0.717) is 33.0 Å². The molecule has 0 fully saturated rings. The minimum atomic E-state index is -0.676. The molecule has 152 valence electrons. The zero-order chi connectivity index (χ0) is 20.8. The topological polar surface area (TPSA) is 97.4 Å². The van der Waals surface area contributed by atoms with E-state index >= 15 is 0 Å². The molecule has 2 heterocycles. The summed E-state index contributed by atoms with van der Waals surface area (Å²) in [6, 6.07) is 7.88. The number of carbonyl (C=O) groups is 2. The van der Waals surface area contributed by atoms with Gasteiger partial charge in [0.2, 0.25) is 11.8 Å². The molecular weight excluding hydrogens is 417 g/mol. The number of halogens is 2.